The monoisotopic (exact) mass is 514 g/mol. The van der Waals surface area contributed by atoms with Gasteiger partial charge in [-0.25, -0.2) is 9.59 Å². The van der Waals surface area contributed by atoms with Gasteiger partial charge in [0.05, 0.1) is 18.5 Å². The second-order valence-corrected chi connectivity index (χ2v) is 9.26. The number of esters is 2. The van der Waals surface area contributed by atoms with Gasteiger partial charge in [0.25, 0.3) is 0 Å². The number of methoxy groups -OCH3 is 1. The van der Waals surface area contributed by atoms with Gasteiger partial charge in [-0.1, -0.05) is 35.3 Å². The highest BCUT2D eigenvalue weighted by Crippen LogP contribution is 2.50. The molecular weight excluding hydrogens is 491 g/mol. The smallest absolute Gasteiger partial charge is 0.345 e. The van der Waals surface area contributed by atoms with E-state index in [4.69, 9.17) is 32.7 Å². The van der Waals surface area contributed by atoms with Gasteiger partial charge >= 0.3 is 11.9 Å². The van der Waals surface area contributed by atoms with Gasteiger partial charge in [0.1, 0.15) is 5.57 Å². The molecular formula is C26H24Cl2N2O5. The van der Waals surface area contributed by atoms with Gasteiger partial charge in [0.2, 0.25) is 11.4 Å². The fourth-order valence-electron chi connectivity index (χ4n) is 4.55. The van der Waals surface area contributed by atoms with Crippen molar-refractivity contribution in [1.29, 1.82) is 0 Å². The molecule has 2 heterocycles. The van der Waals surface area contributed by atoms with Crippen molar-refractivity contribution in [2.24, 2.45) is 0 Å². The van der Waals surface area contributed by atoms with E-state index in [9.17, 15) is 14.4 Å². The highest BCUT2D eigenvalue weighted by molar-refractivity contribution is 6.31. The highest BCUT2D eigenvalue weighted by Gasteiger charge is 2.56. The molecule has 9 heteroatoms. The largest absolute Gasteiger partial charge is 0.466 e. The molecule has 0 aromatic heterocycles. The summed E-state index contributed by atoms with van der Waals surface area (Å²) in [4.78, 5) is 43.4. The van der Waals surface area contributed by atoms with Crippen molar-refractivity contribution >= 4 is 40.9 Å². The van der Waals surface area contributed by atoms with E-state index >= 15 is 0 Å². The maximum atomic E-state index is 13.7. The molecule has 0 aliphatic carbocycles. The Morgan fingerprint density at radius 2 is 1.54 bits per heavy atom. The van der Waals surface area contributed by atoms with Crippen LogP contribution in [0.2, 0.25) is 10.0 Å². The molecule has 35 heavy (non-hydrogen) atoms. The fourth-order valence-corrected chi connectivity index (χ4v) is 4.80. The average Bonchev–Trinajstić information content (AvgIpc) is 3.15. The molecule has 2 aliphatic rings. The van der Waals surface area contributed by atoms with Crippen LogP contribution in [0.25, 0.3) is 0 Å². The van der Waals surface area contributed by atoms with Crippen LogP contribution in [0, 0.1) is 0 Å². The van der Waals surface area contributed by atoms with Gasteiger partial charge < -0.3 is 19.3 Å². The third-order valence-electron chi connectivity index (χ3n) is 6.20. The predicted molar refractivity (Wildman–Crippen MR) is 132 cm³/mol. The van der Waals surface area contributed by atoms with Crippen LogP contribution in [-0.4, -0.2) is 61.8 Å². The number of fused-ring (bicyclic) bond motifs is 1. The number of benzene rings is 2. The Kier molecular flexibility index (Phi) is 6.92. The van der Waals surface area contributed by atoms with E-state index in [-0.39, 0.29) is 5.57 Å². The molecule has 0 spiro atoms. The molecule has 7 nitrogen and oxygen atoms in total. The minimum atomic E-state index is -1.57. The molecule has 182 valence electrons. The Bertz CT molecular complexity index is 1240. The Labute approximate surface area is 213 Å². The van der Waals surface area contributed by atoms with Crippen LogP contribution in [0.3, 0.4) is 0 Å². The number of rotatable bonds is 4. The summed E-state index contributed by atoms with van der Waals surface area (Å²) in [5.41, 5.74) is -0.109. The maximum Gasteiger partial charge on any atom is 0.345 e. The third kappa shape index (κ3) is 4.42. The zero-order valence-electron chi connectivity index (χ0n) is 19.5. The maximum absolute atomic E-state index is 13.7. The SMILES string of the molecule is COC(=O)/C=C1\N(C)CCCN(C)C2=C(C(=O)c3ccc(Cl)cc3)C(=O)OC21c1ccc(Cl)cc1. The van der Waals surface area contributed by atoms with E-state index in [2.05, 4.69) is 0 Å². The van der Waals surface area contributed by atoms with E-state index in [1.165, 1.54) is 13.2 Å². The summed E-state index contributed by atoms with van der Waals surface area (Å²) in [5, 5.41) is 0.959. The number of nitrogens with zero attached hydrogens (tertiary/aromatic N) is 2. The minimum absolute atomic E-state index is 0.101. The molecule has 2 aliphatic heterocycles. The van der Waals surface area contributed by atoms with Crippen LogP contribution < -0.4 is 0 Å². The lowest BCUT2D eigenvalue weighted by atomic mass is 9.82. The van der Waals surface area contributed by atoms with Crippen LogP contribution in [0.4, 0.5) is 0 Å². The lowest BCUT2D eigenvalue weighted by molar-refractivity contribution is -0.147. The molecule has 1 unspecified atom stereocenters. The number of likely N-dealkylation sites (N-methyl/N-ethyl adjacent to an activating group) is 2. The summed E-state index contributed by atoms with van der Waals surface area (Å²) in [6.45, 7) is 1.13. The molecule has 1 saturated heterocycles. The normalized spacial score (nSPS) is 21.4. The highest BCUT2D eigenvalue weighted by atomic mass is 35.5. The van der Waals surface area contributed by atoms with Crippen molar-refractivity contribution in [3.63, 3.8) is 0 Å². The summed E-state index contributed by atoms with van der Waals surface area (Å²) in [6.07, 6.45) is 2.01. The molecule has 0 N–H and O–H groups in total. The molecule has 0 amide bonds. The van der Waals surface area contributed by atoms with Gasteiger partial charge in [-0.05, 0) is 42.8 Å². The second kappa shape index (κ2) is 9.76. The number of hydrogen-bond donors (Lipinski definition) is 0. The van der Waals surface area contributed by atoms with Crippen LogP contribution in [0.5, 0.6) is 0 Å². The second-order valence-electron chi connectivity index (χ2n) is 8.39. The molecule has 1 fully saturated rings. The Hall–Kier alpha value is -3.29. The van der Waals surface area contributed by atoms with Gasteiger partial charge in [-0.3, -0.25) is 4.79 Å². The standard InChI is InChI=1S/C26H24Cl2N2O5/c1-29-13-4-14-30(2)24-22(23(32)16-5-9-18(27)10-6-16)25(33)35-26(24,20(29)15-21(31)34-3)17-7-11-19(28)12-8-17/h5-12,15H,4,13-14H2,1-3H3/b20-15-. The number of hydrogen-bond acceptors (Lipinski definition) is 7. The minimum Gasteiger partial charge on any atom is -0.466 e. The zero-order chi connectivity index (χ0) is 25.3. The lowest BCUT2D eigenvalue weighted by Crippen LogP contribution is -2.46. The first kappa shape index (κ1) is 24.8. The van der Waals surface area contributed by atoms with Crippen molar-refractivity contribution in [3.05, 3.63) is 92.7 Å². The number of carbonyl (C=O) groups excluding carboxylic acids is 3. The van der Waals surface area contributed by atoms with E-state index < -0.39 is 23.3 Å². The van der Waals surface area contributed by atoms with E-state index in [1.807, 2.05) is 16.8 Å². The molecule has 1 atom stereocenters. The summed E-state index contributed by atoms with van der Waals surface area (Å²) in [7, 11) is 4.89. The number of ketones is 1. The predicted octanol–water partition coefficient (Wildman–Crippen LogP) is 4.21. The Morgan fingerprint density at radius 1 is 0.971 bits per heavy atom. The van der Waals surface area contributed by atoms with E-state index in [0.717, 1.165) is 0 Å². The van der Waals surface area contributed by atoms with Gasteiger partial charge in [-0.2, -0.15) is 0 Å². The first-order chi connectivity index (χ1) is 16.7. The lowest BCUT2D eigenvalue weighted by Gasteiger charge is -2.43. The molecule has 4 rings (SSSR count). The average molecular weight is 515 g/mol. The molecule has 0 radical (unpaired) electrons. The van der Waals surface area contributed by atoms with Crippen LogP contribution in [0.1, 0.15) is 22.3 Å². The van der Waals surface area contributed by atoms with Crippen molar-refractivity contribution < 1.29 is 23.9 Å². The third-order valence-corrected chi connectivity index (χ3v) is 6.70. The van der Waals surface area contributed by atoms with Crippen molar-refractivity contribution in [3.8, 4) is 0 Å². The van der Waals surface area contributed by atoms with Crippen molar-refractivity contribution in [2.45, 2.75) is 12.0 Å². The quantitative estimate of drug-likeness (QED) is 0.262. The fraction of sp³-hybridized carbons (Fsp3) is 0.269. The van der Waals surface area contributed by atoms with Crippen molar-refractivity contribution in [2.75, 3.05) is 34.3 Å². The van der Waals surface area contributed by atoms with Gasteiger partial charge in [0, 0.05) is 54.4 Å². The Morgan fingerprint density at radius 3 is 2.14 bits per heavy atom. The number of Topliss-reactive ketones (excluding diaryl/α,β-unsaturated/α-hetero) is 1. The molecule has 0 bridgehead atoms. The van der Waals surface area contributed by atoms with Crippen LogP contribution in [0.15, 0.2) is 71.6 Å². The molecule has 0 saturated carbocycles. The summed E-state index contributed by atoms with van der Waals surface area (Å²) in [5.74, 6) is -1.89. The van der Waals surface area contributed by atoms with Gasteiger partial charge in [0.15, 0.2) is 0 Å². The van der Waals surface area contributed by atoms with Crippen LogP contribution >= 0.6 is 23.2 Å². The molecule has 2 aromatic rings. The van der Waals surface area contributed by atoms with Crippen LogP contribution in [-0.2, 0) is 24.7 Å². The molecule has 2 aromatic carbocycles. The summed E-state index contributed by atoms with van der Waals surface area (Å²) >= 11 is 12.2. The number of ether oxygens (including phenoxy) is 2. The topological polar surface area (TPSA) is 76.2 Å². The summed E-state index contributed by atoms with van der Waals surface area (Å²) < 4.78 is 11.0. The number of halogens is 2. The summed E-state index contributed by atoms with van der Waals surface area (Å²) in [6, 6.07) is 13.1. The first-order valence-corrected chi connectivity index (χ1v) is 11.7. The first-order valence-electron chi connectivity index (χ1n) is 11.0. The zero-order valence-corrected chi connectivity index (χ0v) is 21.0. The Balaban J connectivity index is 2.06. The van der Waals surface area contributed by atoms with E-state index in [1.54, 1.807) is 55.6 Å². The van der Waals surface area contributed by atoms with E-state index in [0.29, 0.717) is 52.1 Å². The van der Waals surface area contributed by atoms with Gasteiger partial charge in [-0.15, -0.1) is 0 Å². The van der Waals surface area contributed by atoms with Crippen molar-refractivity contribution in [1.82, 2.24) is 9.80 Å². The number of carbonyl (C=O) groups is 3.